The molecule has 15 heavy (non-hydrogen) atoms. The van der Waals surface area contributed by atoms with Gasteiger partial charge in [0.2, 0.25) is 0 Å². The molecule has 0 amide bonds. The quantitative estimate of drug-likeness (QED) is 0.284. The molecule has 0 spiro atoms. The molecule has 2 rings (SSSR count). The number of amidine groups is 1. The molecule has 4 heteroatoms. The van der Waals surface area contributed by atoms with Crippen LogP contribution in [0.15, 0.2) is 5.16 Å². The molecule has 0 aromatic heterocycles. The van der Waals surface area contributed by atoms with E-state index >= 15 is 0 Å². The van der Waals surface area contributed by atoms with Crippen molar-refractivity contribution < 1.29 is 5.21 Å². The van der Waals surface area contributed by atoms with Crippen LogP contribution in [0.25, 0.3) is 0 Å². The lowest BCUT2D eigenvalue weighted by atomic mass is 9.94. The molecule has 2 fully saturated rings. The normalized spacial score (nSPS) is 37.1. The topological polar surface area (TPSA) is 70.6 Å². The lowest BCUT2D eigenvalue weighted by Gasteiger charge is -2.26. The summed E-state index contributed by atoms with van der Waals surface area (Å²) < 4.78 is 0. The number of hydrogen-bond acceptors (Lipinski definition) is 3. The van der Waals surface area contributed by atoms with Crippen molar-refractivity contribution in [2.45, 2.75) is 51.1 Å². The molecule has 4 atom stereocenters. The molecule has 0 heterocycles. The van der Waals surface area contributed by atoms with Gasteiger partial charge in [0.05, 0.1) is 0 Å². The van der Waals surface area contributed by atoms with E-state index in [0.29, 0.717) is 24.3 Å². The van der Waals surface area contributed by atoms with Gasteiger partial charge in [-0.05, 0) is 38.0 Å². The van der Waals surface area contributed by atoms with Gasteiger partial charge in [-0.2, -0.15) is 0 Å². The Bertz CT molecular complexity index is 254. The van der Waals surface area contributed by atoms with Crippen molar-refractivity contribution in [1.29, 1.82) is 0 Å². The molecule has 2 aliphatic rings. The number of fused-ring (bicyclic) bond motifs is 2. The number of oxime groups is 1. The molecular formula is C11H21N3O. The van der Waals surface area contributed by atoms with Crippen molar-refractivity contribution in [3.8, 4) is 0 Å². The molecule has 0 saturated heterocycles. The smallest absolute Gasteiger partial charge is 0.140 e. The minimum Gasteiger partial charge on any atom is -0.409 e. The fourth-order valence-corrected chi connectivity index (χ4v) is 3.23. The Morgan fingerprint density at radius 2 is 2.33 bits per heavy atom. The second-order valence-electron chi connectivity index (χ2n) is 5.14. The predicted molar refractivity (Wildman–Crippen MR) is 59.9 cm³/mol. The summed E-state index contributed by atoms with van der Waals surface area (Å²) in [6.45, 7) is 2.10. The van der Waals surface area contributed by atoms with Crippen LogP contribution in [0.3, 0.4) is 0 Å². The zero-order chi connectivity index (χ0) is 10.8. The fourth-order valence-electron chi connectivity index (χ4n) is 3.23. The van der Waals surface area contributed by atoms with Gasteiger partial charge in [0.1, 0.15) is 5.84 Å². The van der Waals surface area contributed by atoms with E-state index in [4.69, 9.17) is 10.9 Å². The van der Waals surface area contributed by atoms with Crippen molar-refractivity contribution in [3.63, 3.8) is 0 Å². The van der Waals surface area contributed by atoms with Crippen molar-refractivity contribution >= 4 is 5.84 Å². The molecule has 2 aliphatic carbocycles. The summed E-state index contributed by atoms with van der Waals surface area (Å²) in [5, 5.41) is 15.1. The van der Waals surface area contributed by atoms with Crippen molar-refractivity contribution in [1.82, 2.24) is 5.32 Å². The molecule has 0 aromatic carbocycles. The standard InChI is InChI=1S/C11H21N3O/c1-7(4-11(12)14-15)13-10-6-8-2-3-9(10)5-8/h7-10,13,15H,2-6H2,1H3,(H2,12,14). The Kier molecular flexibility index (Phi) is 3.14. The first-order valence-corrected chi connectivity index (χ1v) is 5.91. The zero-order valence-electron chi connectivity index (χ0n) is 9.32. The maximum absolute atomic E-state index is 8.48. The van der Waals surface area contributed by atoms with Crippen LogP contribution in [0.1, 0.15) is 39.0 Å². The molecule has 86 valence electrons. The average molecular weight is 211 g/mol. The Labute approximate surface area is 90.9 Å². The number of hydrogen-bond donors (Lipinski definition) is 3. The van der Waals surface area contributed by atoms with E-state index < -0.39 is 0 Å². The maximum Gasteiger partial charge on any atom is 0.140 e. The Morgan fingerprint density at radius 3 is 2.87 bits per heavy atom. The van der Waals surface area contributed by atoms with Crippen LogP contribution in [-0.2, 0) is 0 Å². The Morgan fingerprint density at radius 1 is 1.53 bits per heavy atom. The van der Waals surface area contributed by atoms with Crippen molar-refractivity contribution in [2.75, 3.05) is 0 Å². The van der Waals surface area contributed by atoms with Gasteiger partial charge < -0.3 is 16.3 Å². The lowest BCUT2D eigenvalue weighted by molar-refractivity contribution is 0.309. The van der Waals surface area contributed by atoms with Crippen LogP contribution >= 0.6 is 0 Å². The highest BCUT2D eigenvalue weighted by Crippen LogP contribution is 2.44. The third-order valence-corrected chi connectivity index (χ3v) is 3.88. The summed E-state index contributed by atoms with van der Waals surface area (Å²) >= 11 is 0. The first-order valence-electron chi connectivity index (χ1n) is 5.91. The number of nitrogens with one attached hydrogen (secondary N) is 1. The van der Waals surface area contributed by atoms with Crippen molar-refractivity contribution in [3.05, 3.63) is 0 Å². The average Bonchev–Trinajstić information content (AvgIpc) is 2.78. The monoisotopic (exact) mass is 211 g/mol. The van der Waals surface area contributed by atoms with Crippen LogP contribution in [0.5, 0.6) is 0 Å². The van der Waals surface area contributed by atoms with Gasteiger partial charge in [-0.3, -0.25) is 0 Å². The molecule has 4 unspecified atom stereocenters. The third kappa shape index (κ3) is 2.43. The molecule has 4 N–H and O–H groups in total. The van der Waals surface area contributed by atoms with Gasteiger partial charge in [-0.15, -0.1) is 0 Å². The lowest BCUT2D eigenvalue weighted by Crippen LogP contribution is -2.41. The molecule has 2 saturated carbocycles. The summed E-state index contributed by atoms with van der Waals surface area (Å²) in [4.78, 5) is 0. The third-order valence-electron chi connectivity index (χ3n) is 3.88. The van der Waals surface area contributed by atoms with E-state index in [1.54, 1.807) is 0 Å². The van der Waals surface area contributed by atoms with Gasteiger partial charge in [-0.25, -0.2) is 0 Å². The van der Waals surface area contributed by atoms with E-state index in [2.05, 4.69) is 17.4 Å². The highest BCUT2D eigenvalue weighted by molar-refractivity contribution is 5.80. The summed E-state index contributed by atoms with van der Waals surface area (Å²) in [7, 11) is 0. The summed E-state index contributed by atoms with van der Waals surface area (Å²) in [5.74, 6) is 2.16. The van der Waals surface area contributed by atoms with E-state index in [-0.39, 0.29) is 0 Å². The molecular weight excluding hydrogens is 190 g/mol. The molecule has 0 aliphatic heterocycles. The minimum absolute atomic E-state index is 0.310. The minimum atomic E-state index is 0.310. The molecule has 0 aromatic rings. The summed E-state index contributed by atoms with van der Waals surface area (Å²) in [5.41, 5.74) is 5.48. The molecule has 2 bridgehead atoms. The Balaban J connectivity index is 1.77. The van der Waals surface area contributed by atoms with Crippen LogP contribution in [-0.4, -0.2) is 23.1 Å². The van der Waals surface area contributed by atoms with Crippen LogP contribution in [0.4, 0.5) is 0 Å². The predicted octanol–water partition coefficient (Wildman–Crippen LogP) is 1.29. The first kappa shape index (κ1) is 10.7. The molecule has 4 nitrogen and oxygen atoms in total. The van der Waals surface area contributed by atoms with Gasteiger partial charge >= 0.3 is 0 Å². The van der Waals surface area contributed by atoms with Crippen LogP contribution < -0.4 is 11.1 Å². The highest BCUT2D eigenvalue weighted by Gasteiger charge is 2.39. The van der Waals surface area contributed by atoms with Crippen molar-refractivity contribution in [2.24, 2.45) is 22.7 Å². The van der Waals surface area contributed by atoms with E-state index in [0.717, 1.165) is 11.8 Å². The van der Waals surface area contributed by atoms with E-state index in [1.807, 2.05) is 0 Å². The van der Waals surface area contributed by atoms with Gasteiger partial charge in [-0.1, -0.05) is 11.6 Å². The molecule has 0 radical (unpaired) electrons. The summed E-state index contributed by atoms with van der Waals surface area (Å²) in [6.07, 6.45) is 6.18. The number of nitrogens with two attached hydrogens (primary N) is 1. The first-order chi connectivity index (χ1) is 7.19. The van der Waals surface area contributed by atoms with Crippen LogP contribution in [0.2, 0.25) is 0 Å². The largest absolute Gasteiger partial charge is 0.409 e. The van der Waals surface area contributed by atoms with E-state index in [9.17, 15) is 0 Å². The maximum atomic E-state index is 8.48. The van der Waals surface area contributed by atoms with Gasteiger partial charge in [0.15, 0.2) is 0 Å². The van der Waals surface area contributed by atoms with Crippen LogP contribution in [0, 0.1) is 11.8 Å². The highest BCUT2D eigenvalue weighted by atomic mass is 16.4. The second kappa shape index (κ2) is 4.39. The fraction of sp³-hybridized carbons (Fsp3) is 0.909. The number of nitrogens with zero attached hydrogens (tertiary/aromatic N) is 1. The Hall–Kier alpha value is -0.770. The van der Waals surface area contributed by atoms with E-state index in [1.165, 1.54) is 25.7 Å². The van der Waals surface area contributed by atoms with Gasteiger partial charge in [0.25, 0.3) is 0 Å². The second-order valence-corrected chi connectivity index (χ2v) is 5.14. The SMILES string of the molecule is CC(CC(N)=NO)NC1CC2CCC1C2. The summed E-state index contributed by atoms with van der Waals surface area (Å²) in [6, 6.07) is 0.982. The van der Waals surface area contributed by atoms with Gasteiger partial charge in [0, 0.05) is 18.5 Å². The number of rotatable bonds is 4. The zero-order valence-corrected chi connectivity index (χ0v) is 9.32.